The minimum absolute atomic E-state index is 0.0340. The van der Waals surface area contributed by atoms with E-state index in [1.807, 2.05) is 42.4 Å². The van der Waals surface area contributed by atoms with Gasteiger partial charge in [0.15, 0.2) is 0 Å². The van der Waals surface area contributed by atoms with Crippen LogP contribution in [0.15, 0.2) is 12.2 Å². The van der Waals surface area contributed by atoms with Gasteiger partial charge in [-0.15, -0.1) is 0 Å². The zero-order valence-corrected chi connectivity index (χ0v) is 27.5. The van der Waals surface area contributed by atoms with E-state index in [0.29, 0.717) is 28.9 Å². The molecule has 36 heavy (non-hydrogen) atoms. The number of carbonyl (C=O) groups excluding carboxylic acids is 1. The van der Waals surface area contributed by atoms with Crippen molar-refractivity contribution in [3.05, 3.63) is 12.2 Å². The summed E-state index contributed by atoms with van der Waals surface area (Å²) in [6.07, 6.45) is -1.11. The molecule has 2 atom stereocenters. The van der Waals surface area contributed by atoms with Crippen LogP contribution in [-0.4, -0.2) is 85.1 Å². The van der Waals surface area contributed by atoms with E-state index in [1.165, 1.54) is 6.92 Å². The molecular weight excluding hydrogens is 579 g/mol. The Kier molecular flexibility index (Phi) is 35.1. The summed E-state index contributed by atoms with van der Waals surface area (Å²) in [5.74, 6) is 3.71. The number of carbonyl (C=O) groups is 2. The van der Waals surface area contributed by atoms with Crippen molar-refractivity contribution in [2.24, 2.45) is 29.4 Å². The van der Waals surface area contributed by atoms with Gasteiger partial charge in [-0.05, 0) is 27.7 Å². The number of carboxylic acid groups (broad SMARTS) is 1. The van der Waals surface area contributed by atoms with Gasteiger partial charge in [0.25, 0.3) is 0 Å². The van der Waals surface area contributed by atoms with Crippen molar-refractivity contribution < 1.29 is 30.0 Å². The molecule has 13 heteroatoms. The first-order valence-corrected chi connectivity index (χ1v) is 16.4. The number of hydrogen-bond acceptors (Lipinski definition) is 12. The highest BCUT2D eigenvalue weighted by atomic mass is 33.1. The Hall–Kier alpha value is 0.820. The third kappa shape index (κ3) is 31.0. The first kappa shape index (κ1) is 43.9. The Morgan fingerprint density at radius 2 is 1.19 bits per heavy atom. The molecule has 0 aliphatic carbocycles. The fourth-order valence-electron chi connectivity index (χ4n) is 1.83. The predicted molar refractivity (Wildman–Crippen MR) is 172 cm³/mol. The summed E-state index contributed by atoms with van der Waals surface area (Å²) < 4.78 is 0. The van der Waals surface area contributed by atoms with Crippen LogP contribution in [0, 0.1) is 23.7 Å². The zero-order chi connectivity index (χ0) is 29.4. The molecule has 0 aromatic carbocycles. The van der Waals surface area contributed by atoms with Crippen molar-refractivity contribution in [3.8, 4) is 0 Å². The smallest absolute Gasteiger partial charge is 0.308 e. The van der Waals surface area contributed by atoms with Crippen LogP contribution in [0.1, 0.15) is 41.5 Å². The first-order chi connectivity index (χ1) is 16.5. The maximum absolute atomic E-state index is 11.2. The Morgan fingerprint density at radius 3 is 1.33 bits per heavy atom. The van der Waals surface area contributed by atoms with Crippen LogP contribution in [-0.2, 0) is 9.59 Å². The fourth-order valence-corrected chi connectivity index (χ4v) is 6.34. The molecule has 1 aliphatic heterocycles. The molecule has 0 radical (unpaired) electrons. The standard InChI is InChI=1S/C7H12OS2.C7H14OS2.C4H8O2S2.C3H8O.C2H7NO/c1-5(2)7(8)6-3-9-10-4-6;1-5(2)7(8)6(3-9)4-10;5-4(6)3(1-7)2-8;1-3(2)4;1-2(3)4/h6-8H,1,3-4H2,2H3;5-6,9-10H,3-4H2,1-2H3;3,7-8H,1-2H2,(H,5,6);3-4H,1-2H3;2,4H,3H2,1H3. The summed E-state index contributed by atoms with van der Waals surface area (Å²) in [5, 5.41) is 33.7. The molecule has 0 spiro atoms. The van der Waals surface area contributed by atoms with Gasteiger partial charge in [0.05, 0.1) is 18.2 Å². The molecule has 7 nitrogen and oxygen atoms in total. The number of carboxylic acids is 1. The molecule has 1 aliphatic rings. The number of aliphatic carboxylic acids is 1. The summed E-state index contributed by atoms with van der Waals surface area (Å²) in [6, 6.07) is 0. The Morgan fingerprint density at radius 1 is 0.889 bits per heavy atom. The molecule has 0 saturated carbocycles. The fraction of sp³-hybridized carbons (Fsp3) is 0.826. The molecule has 1 heterocycles. The monoisotopic (exact) mass is 627 g/mol. The maximum atomic E-state index is 11.2. The van der Waals surface area contributed by atoms with E-state index in [-0.39, 0.29) is 29.8 Å². The van der Waals surface area contributed by atoms with E-state index in [2.05, 4.69) is 62.8 Å². The van der Waals surface area contributed by atoms with E-state index in [4.69, 9.17) is 15.3 Å². The summed E-state index contributed by atoms with van der Waals surface area (Å²) in [4.78, 5) is 21.3. The van der Waals surface area contributed by atoms with E-state index < -0.39 is 18.1 Å². The SMILES string of the molecule is C=C(C)C(O)C1CSSC1.CC(C)C(=O)C(CS)CS.CC(C)O.CC(N)O.O=C(O)C(CS)CS. The summed E-state index contributed by atoms with van der Waals surface area (Å²) >= 11 is 15.7. The molecule has 1 fully saturated rings. The van der Waals surface area contributed by atoms with E-state index in [1.54, 1.807) is 13.8 Å². The molecule has 2 unspecified atom stereocenters. The van der Waals surface area contributed by atoms with Gasteiger partial charge in [0.2, 0.25) is 0 Å². The van der Waals surface area contributed by atoms with Crippen molar-refractivity contribution >= 4 is 83.9 Å². The molecule has 218 valence electrons. The summed E-state index contributed by atoms with van der Waals surface area (Å²) in [7, 11) is 3.69. The lowest BCUT2D eigenvalue weighted by Gasteiger charge is -2.15. The Bertz CT molecular complexity index is 530. The Labute approximate surface area is 248 Å². The quantitative estimate of drug-likeness (QED) is 0.0807. The summed E-state index contributed by atoms with van der Waals surface area (Å²) in [5.41, 5.74) is 5.56. The second-order valence-electron chi connectivity index (χ2n) is 8.47. The average molecular weight is 628 g/mol. The number of nitrogens with two attached hydrogens (primary N) is 1. The van der Waals surface area contributed by atoms with E-state index in [0.717, 1.165) is 17.1 Å². The lowest BCUT2D eigenvalue weighted by atomic mass is 9.99. The normalized spacial score (nSPS) is 14.4. The Balaban J connectivity index is -0.000000187. The number of aliphatic hydroxyl groups is 3. The lowest BCUT2D eigenvalue weighted by Crippen LogP contribution is -2.22. The van der Waals surface area contributed by atoms with Crippen LogP contribution in [0.25, 0.3) is 0 Å². The molecule has 1 rings (SSSR count). The van der Waals surface area contributed by atoms with E-state index >= 15 is 0 Å². The second kappa shape index (κ2) is 28.8. The highest BCUT2D eigenvalue weighted by Crippen LogP contribution is 2.37. The van der Waals surface area contributed by atoms with Crippen molar-refractivity contribution in [1.82, 2.24) is 0 Å². The number of ketones is 1. The second-order valence-corrected chi connectivity index (χ2v) is 12.5. The van der Waals surface area contributed by atoms with Crippen molar-refractivity contribution in [1.29, 1.82) is 0 Å². The maximum Gasteiger partial charge on any atom is 0.308 e. The minimum atomic E-state index is -0.824. The van der Waals surface area contributed by atoms with Crippen molar-refractivity contribution in [2.45, 2.75) is 60.0 Å². The van der Waals surface area contributed by atoms with Crippen LogP contribution >= 0.6 is 72.1 Å². The molecule has 6 N–H and O–H groups in total. The van der Waals surface area contributed by atoms with Crippen molar-refractivity contribution in [3.63, 3.8) is 0 Å². The van der Waals surface area contributed by atoms with Gasteiger partial charge in [0, 0.05) is 58.4 Å². The number of hydrogen-bond donors (Lipinski definition) is 9. The van der Waals surface area contributed by atoms with Crippen molar-refractivity contribution in [2.75, 3.05) is 34.5 Å². The molecule has 1 saturated heterocycles. The highest BCUT2D eigenvalue weighted by Gasteiger charge is 2.24. The third-order valence-electron chi connectivity index (χ3n) is 3.80. The molecule has 0 aromatic rings. The van der Waals surface area contributed by atoms with Gasteiger partial charge >= 0.3 is 5.97 Å². The average Bonchev–Trinajstić information content (AvgIpc) is 3.29. The zero-order valence-electron chi connectivity index (χ0n) is 22.3. The molecule has 0 bridgehead atoms. The van der Waals surface area contributed by atoms with Crippen LogP contribution < -0.4 is 5.73 Å². The highest BCUT2D eigenvalue weighted by molar-refractivity contribution is 8.77. The van der Waals surface area contributed by atoms with E-state index in [9.17, 15) is 14.7 Å². The number of Topliss-reactive ketones (excluding diaryl/α,β-unsaturated/α-hetero) is 1. The topological polar surface area (TPSA) is 141 Å². The number of aliphatic hydroxyl groups excluding tert-OH is 3. The molecular formula is C23H49NO6S6. The molecule has 0 amide bonds. The van der Waals surface area contributed by atoms with Gasteiger partial charge in [0.1, 0.15) is 5.78 Å². The predicted octanol–water partition coefficient (Wildman–Crippen LogP) is 3.84. The van der Waals surface area contributed by atoms with Gasteiger partial charge in [-0.2, -0.15) is 50.5 Å². The largest absolute Gasteiger partial charge is 0.481 e. The van der Waals surface area contributed by atoms with Gasteiger partial charge in [-0.25, -0.2) is 0 Å². The number of rotatable bonds is 9. The number of thiol groups is 4. The lowest BCUT2D eigenvalue weighted by molar-refractivity contribution is -0.140. The van der Waals surface area contributed by atoms with Crippen LogP contribution in [0.4, 0.5) is 0 Å². The third-order valence-corrected chi connectivity index (χ3v) is 8.18. The molecule has 0 aromatic heterocycles. The first-order valence-electron chi connectivity index (χ1n) is 11.4. The minimum Gasteiger partial charge on any atom is -0.481 e. The van der Waals surface area contributed by atoms with Gasteiger partial charge in [-0.3, -0.25) is 9.59 Å². The van der Waals surface area contributed by atoms with Gasteiger partial charge in [-0.1, -0.05) is 47.6 Å². The van der Waals surface area contributed by atoms with Crippen LogP contribution in [0.2, 0.25) is 0 Å². The van der Waals surface area contributed by atoms with Crippen LogP contribution in [0.5, 0.6) is 0 Å². The summed E-state index contributed by atoms with van der Waals surface area (Å²) in [6.45, 7) is 14.4. The van der Waals surface area contributed by atoms with Crippen LogP contribution in [0.3, 0.4) is 0 Å². The van der Waals surface area contributed by atoms with Gasteiger partial charge < -0.3 is 26.2 Å².